The van der Waals surface area contributed by atoms with Crippen molar-refractivity contribution in [2.75, 3.05) is 13.2 Å². The van der Waals surface area contributed by atoms with E-state index in [1.807, 2.05) is 0 Å². The Morgan fingerprint density at radius 1 is 0.783 bits per heavy atom. The minimum Gasteiger partial charge on any atom is -0.466 e. The highest BCUT2D eigenvalue weighted by atomic mass is 16.6. The summed E-state index contributed by atoms with van der Waals surface area (Å²) in [6, 6.07) is 0. The van der Waals surface area contributed by atoms with Gasteiger partial charge in [-0.3, -0.25) is 4.79 Å². The first-order valence-corrected chi connectivity index (χ1v) is 9.12. The van der Waals surface area contributed by atoms with Crippen LogP contribution in [0, 0.1) is 0 Å². The molecule has 0 fully saturated rings. The van der Waals surface area contributed by atoms with E-state index in [-0.39, 0.29) is 6.42 Å². The average molecular weight is 330 g/mol. The Labute approximate surface area is 140 Å². The smallest absolute Gasteiger partial charge is 0.335 e. The van der Waals surface area contributed by atoms with Crippen molar-refractivity contribution < 1.29 is 24.2 Å². The van der Waals surface area contributed by atoms with Gasteiger partial charge >= 0.3 is 11.9 Å². The van der Waals surface area contributed by atoms with Crippen LogP contribution in [0.2, 0.25) is 0 Å². The van der Waals surface area contributed by atoms with Gasteiger partial charge in [-0.05, 0) is 12.8 Å². The molecule has 1 unspecified atom stereocenters. The molecular formula is C18H34O5. The van der Waals surface area contributed by atoms with Gasteiger partial charge in [0.05, 0.1) is 19.6 Å². The van der Waals surface area contributed by atoms with Crippen molar-refractivity contribution in [2.24, 2.45) is 0 Å². The zero-order valence-corrected chi connectivity index (χ0v) is 14.8. The Morgan fingerprint density at radius 3 is 1.78 bits per heavy atom. The Morgan fingerprint density at radius 2 is 1.26 bits per heavy atom. The lowest BCUT2D eigenvalue weighted by Gasteiger charge is -2.10. The van der Waals surface area contributed by atoms with Gasteiger partial charge in [-0.25, -0.2) is 4.79 Å². The number of hydrogen-bond donors (Lipinski definition) is 1. The summed E-state index contributed by atoms with van der Waals surface area (Å²) in [5, 5.41) is 9.63. The van der Waals surface area contributed by atoms with Crippen LogP contribution in [-0.4, -0.2) is 36.4 Å². The van der Waals surface area contributed by atoms with Crippen LogP contribution in [0.3, 0.4) is 0 Å². The fourth-order valence-corrected chi connectivity index (χ4v) is 2.17. The zero-order chi connectivity index (χ0) is 17.3. The number of ether oxygens (including phenoxy) is 2. The summed E-state index contributed by atoms with van der Waals surface area (Å²) >= 11 is 0. The zero-order valence-electron chi connectivity index (χ0n) is 14.8. The Bertz CT molecular complexity index is 304. The number of hydrogen-bond acceptors (Lipinski definition) is 5. The van der Waals surface area contributed by atoms with E-state index in [0.29, 0.717) is 13.2 Å². The summed E-state index contributed by atoms with van der Waals surface area (Å²) in [5.41, 5.74) is 0. The van der Waals surface area contributed by atoms with Crippen LogP contribution in [0.4, 0.5) is 0 Å². The van der Waals surface area contributed by atoms with Gasteiger partial charge in [0.25, 0.3) is 0 Å². The Hall–Kier alpha value is -1.10. The summed E-state index contributed by atoms with van der Waals surface area (Å²) < 4.78 is 9.96. The first-order chi connectivity index (χ1) is 11.1. The van der Waals surface area contributed by atoms with Crippen LogP contribution in [-0.2, 0) is 19.1 Å². The third-order valence-corrected chi connectivity index (χ3v) is 3.64. The maximum absolute atomic E-state index is 11.5. The molecule has 0 saturated heterocycles. The second-order valence-corrected chi connectivity index (χ2v) is 5.94. The highest BCUT2D eigenvalue weighted by Gasteiger charge is 2.21. The van der Waals surface area contributed by atoms with Crippen molar-refractivity contribution in [3.05, 3.63) is 0 Å². The predicted molar refractivity (Wildman–Crippen MR) is 90.1 cm³/mol. The Kier molecular flexibility index (Phi) is 15.0. The molecule has 0 aliphatic rings. The van der Waals surface area contributed by atoms with Gasteiger partial charge in [0, 0.05) is 0 Å². The number of esters is 2. The quantitative estimate of drug-likeness (QED) is 0.365. The molecule has 0 aromatic heterocycles. The molecule has 0 heterocycles. The van der Waals surface area contributed by atoms with Gasteiger partial charge in [0.1, 0.15) is 0 Å². The van der Waals surface area contributed by atoms with E-state index in [1.165, 1.54) is 25.7 Å². The molecule has 0 amide bonds. The van der Waals surface area contributed by atoms with Crippen molar-refractivity contribution >= 4 is 11.9 Å². The Balaban J connectivity index is 3.59. The van der Waals surface area contributed by atoms with Crippen molar-refractivity contribution in [2.45, 2.75) is 90.6 Å². The number of carbonyl (C=O) groups is 2. The third-order valence-electron chi connectivity index (χ3n) is 3.64. The lowest BCUT2D eigenvalue weighted by Crippen LogP contribution is -2.27. The number of rotatable bonds is 15. The van der Waals surface area contributed by atoms with E-state index >= 15 is 0 Å². The van der Waals surface area contributed by atoms with Crippen LogP contribution in [0.5, 0.6) is 0 Å². The normalized spacial score (nSPS) is 12.0. The van der Waals surface area contributed by atoms with Gasteiger partial charge in [-0.2, -0.15) is 0 Å². The van der Waals surface area contributed by atoms with Gasteiger partial charge < -0.3 is 14.6 Å². The molecule has 0 rings (SSSR count). The largest absolute Gasteiger partial charge is 0.466 e. The molecule has 0 aliphatic heterocycles. The molecular weight excluding hydrogens is 296 g/mol. The van der Waals surface area contributed by atoms with Gasteiger partial charge in [0.2, 0.25) is 0 Å². The van der Waals surface area contributed by atoms with Crippen LogP contribution in [0.25, 0.3) is 0 Å². The van der Waals surface area contributed by atoms with Gasteiger partial charge in [-0.15, -0.1) is 0 Å². The number of unbranched alkanes of at least 4 members (excludes halogenated alkanes) is 8. The van der Waals surface area contributed by atoms with Crippen molar-refractivity contribution in [3.8, 4) is 0 Å². The first-order valence-electron chi connectivity index (χ1n) is 9.12. The predicted octanol–water partition coefficient (Wildman–Crippen LogP) is 3.76. The average Bonchev–Trinajstić information content (AvgIpc) is 2.53. The topological polar surface area (TPSA) is 72.8 Å². The SMILES string of the molecule is CCCCCCCOC(=O)CC(O)C(=O)OCCCCCCC. The third kappa shape index (κ3) is 14.2. The molecule has 136 valence electrons. The molecule has 0 radical (unpaired) electrons. The molecule has 0 aliphatic carbocycles. The lowest BCUT2D eigenvalue weighted by atomic mass is 10.2. The molecule has 0 aromatic carbocycles. The fourth-order valence-electron chi connectivity index (χ4n) is 2.17. The first kappa shape index (κ1) is 21.9. The monoisotopic (exact) mass is 330 g/mol. The van der Waals surface area contributed by atoms with Crippen LogP contribution >= 0.6 is 0 Å². The lowest BCUT2D eigenvalue weighted by molar-refractivity contribution is -0.160. The molecule has 0 aromatic rings. The van der Waals surface area contributed by atoms with Crippen molar-refractivity contribution in [1.29, 1.82) is 0 Å². The summed E-state index contributed by atoms with van der Waals surface area (Å²) in [5.74, 6) is -1.28. The minimum absolute atomic E-state index is 0.298. The summed E-state index contributed by atoms with van der Waals surface area (Å²) in [7, 11) is 0. The minimum atomic E-state index is -1.42. The molecule has 0 saturated carbocycles. The maximum atomic E-state index is 11.5. The van der Waals surface area contributed by atoms with Gasteiger partial charge in [0.15, 0.2) is 6.10 Å². The van der Waals surface area contributed by atoms with Crippen LogP contribution in [0.1, 0.15) is 84.5 Å². The van der Waals surface area contributed by atoms with E-state index < -0.39 is 18.0 Å². The highest BCUT2D eigenvalue weighted by molar-refractivity contribution is 5.81. The molecule has 1 atom stereocenters. The number of aliphatic hydroxyl groups is 1. The van der Waals surface area contributed by atoms with E-state index in [9.17, 15) is 14.7 Å². The fraction of sp³-hybridized carbons (Fsp3) is 0.889. The molecule has 23 heavy (non-hydrogen) atoms. The summed E-state index contributed by atoms with van der Waals surface area (Å²) in [6.07, 6.45) is 8.89. The standard InChI is InChI=1S/C18H34O5/c1-3-5-7-9-11-13-22-17(20)15-16(19)18(21)23-14-12-10-8-6-4-2/h16,19H,3-15H2,1-2H3. The second kappa shape index (κ2) is 15.8. The van der Waals surface area contributed by atoms with Crippen molar-refractivity contribution in [3.63, 3.8) is 0 Å². The van der Waals surface area contributed by atoms with Crippen LogP contribution < -0.4 is 0 Å². The summed E-state index contributed by atoms with van der Waals surface area (Å²) in [6.45, 7) is 4.93. The second-order valence-electron chi connectivity index (χ2n) is 5.94. The van der Waals surface area contributed by atoms with E-state index in [2.05, 4.69) is 13.8 Å². The number of aliphatic hydroxyl groups excluding tert-OH is 1. The van der Waals surface area contributed by atoms with E-state index in [1.54, 1.807) is 0 Å². The molecule has 5 nitrogen and oxygen atoms in total. The van der Waals surface area contributed by atoms with Crippen LogP contribution in [0.15, 0.2) is 0 Å². The molecule has 1 N–H and O–H groups in total. The van der Waals surface area contributed by atoms with E-state index in [0.717, 1.165) is 38.5 Å². The molecule has 0 bridgehead atoms. The summed E-state index contributed by atoms with van der Waals surface area (Å²) in [4.78, 5) is 23.0. The van der Waals surface area contributed by atoms with E-state index in [4.69, 9.17) is 9.47 Å². The molecule has 5 heteroatoms. The molecule has 0 spiro atoms. The van der Waals surface area contributed by atoms with Crippen molar-refractivity contribution in [1.82, 2.24) is 0 Å². The maximum Gasteiger partial charge on any atom is 0.335 e. The number of carbonyl (C=O) groups excluding carboxylic acids is 2. The highest BCUT2D eigenvalue weighted by Crippen LogP contribution is 2.05. The van der Waals surface area contributed by atoms with Gasteiger partial charge in [-0.1, -0.05) is 65.2 Å².